The Hall–Kier alpha value is -1.07. The van der Waals surface area contributed by atoms with Crippen LogP contribution in [-0.2, 0) is 0 Å². The zero-order valence-corrected chi connectivity index (χ0v) is 12.4. The van der Waals surface area contributed by atoms with E-state index in [0.717, 1.165) is 10.2 Å². The molecule has 1 aliphatic rings. The molecule has 4 nitrogen and oxygen atoms in total. The van der Waals surface area contributed by atoms with E-state index in [-0.39, 0.29) is 6.04 Å². The van der Waals surface area contributed by atoms with Crippen molar-refractivity contribution in [1.29, 1.82) is 0 Å². The average Bonchev–Trinajstić information content (AvgIpc) is 2.90. The molecule has 1 aliphatic carbocycles. The number of nitrogens with one attached hydrogen (secondary N) is 1. The van der Waals surface area contributed by atoms with Crippen LogP contribution >= 0.6 is 15.9 Å². The fraction of sp³-hybridized carbons (Fsp3) is 0.500. The molecule has 1 fully saturated rings. The van der Waals surface area contributed by atoms with Gasteiger partial charge in [-0.3, -0.25) is 4.79 Å². The summed E-state index contributed by atoms with van der Waals surface area (Å²) in [6.07, 6.45) is 4.95. The van der Waals surface area contributed by atoms with Gasteiger partial charge in [0, 0.05) is 22.7 Å². The van der Waals surface area contributed by atoms with E-state index in [1.165, 1.54) is 25.7 Å². The summed E-state index contributed by atoms with van der Waals surface area (Å²) >= 11 is 3.35. The Morgan fingerprint density at radius 3 is 2.68 bits per heavy atom. The number of hydrogen-bond acceptors (Lipinski definition) is 3. The summed E-state index contributed by atoms with van der Waals surface area (Å²) in [5.74, 6) is 0.167. The largest absolute Gasteiger partial charge is 0.380 e. The number of nitrogens with two attached hydrogens (primary N) is 2. The molecule has 0 spiro atoms. The van der Waals surface area contributed by atoms with Crippen LogP contribution in [0.5, 0.6) is 0 Å². The Kier molecular flexibility index (Phi) is 4.82. The van der Waals surface area contributed by atoms with Gasteiger partial charge in [0.2, 0.25) is 0 Å². The van der Waals surface area contributed by atoms with Crippen LogP contribution in [0.3, 0.4) is 0 Å². The first kappa shape index (κ1) is 14.3. The fourth-order valence-electron chi connectivity index (χ4n) is 2.77. The summed E-state index contributed by atoms with van der Waals surface area (Å²) in [5, 5.41) is 3.40. The maximum atomic E-state index is 11.5. The number of anilines is 1. The lowest BCUT2D eigenvalue weighted by molar-refractivity contribution is 0.100. The third-order valence-electron chi connectivity index (χ3n) is 3.81. The van der Waals surface area contributed by atoms with Gasteiger partial charge in [0.25, 0.3) is 5.91 Å². The molecule has 0 aromatic heterocycles. The maximum absolute atomic E-state index is 11.5. The lowest BCUT2D eigenvalue weighted by Crippen LogP contribution is -2.35. The highest BCUT2D eigenvalue weighted by atomic mass is 79.9. The fourth-order valence-corrected chi connectivity index (χ4v) is 3.14. The van der Waals surface area contributed by atoms with Gasteiger partial charge in [-0.15, -0.1) is 0 Å². The number of carbonyl (C=O) groups excluding carboxylic acids is 1. The second-order valence-corrected chi connectivity index (χ2v) is 6.00. The van der Waals surface area contributed by atoms with E-state index in [1.807, 2.05) is 12.1 Å². The molecule has 0 heterocycles. The van der Waals surface area contributed by atoms with Gasteiger partial charge in [0.05, 0.1) is 5.56 Å². The number of benzene rings is 1. The second-order valence-electron chi connectivity index (χ2n) is 5.09. The lowest BCUT2D eigenvalue weighted by atomic mass is 9.97. The minimum atomic E-state index is -0.425. The Balaban J connectivity index is 2.18. The van der Waals surface area contributed by atoms with Crippen LogP contribution in [0.2, 0.25) is 0 Å². The summed E-state index contributed by atoms with van der Waals surface area (Å²) in [6, 6.07) is 5.73. The molecule has 0 radical (unpaired) electrons. The highest BCUT2D eigenvalue weighted by Crippen LogP contribution is 2.30. The van der Waals surface area contributed by atoms with Gasteiger partial charge in [-0.2, -0.15) is 0 Å². The zero-order chi connectivity index (χ0) is 13.8. The topological polar surface area (TPSA) is 81.1 Å². The lowest BCUT2D eigenvalue weighted by Gasteiger charge is -2.25. The summed E-state index contributed by atoms with van der Waals surface area (Å²) in [7, 11) is 0. The van der Waals surface area contributed by atoms with Crippen LogP contribution in [0.15, 0.2) is 22.7 Å². The van der Waals surface area contributed by atoms with Crippen molar-refractivity contribution in [3.05, 3.63) is 28.2 Å². The van der Waals surface area contributed by atoms with E-state index in [0.29, 0.717) is 18.0 Å². The number of primary amides is 1. The minimum Gasteiger partial charge on any atom is -0.380 e. The van der Waals surface area contributed by atoms with Gasteiger partial charge in [0.15, 0.2) is 0 Å². The predicted octanol–water partition coefficient (Wildman–Crippen LogP) is 2.48. The van der Waals surface area contributed by atoms with E-state index in [1.54, 1.807) is 6.07 Å². The van der Waals surface area contributed by atoms with Crippen molar-refractivity contribution in [3.63, 3.8) is 0 Å². The summed E-state index contributed by atoms with van der Waals surface area (Å²) in [4.78, 5) is 11.5. The van der Waals surface area contributed by atoms with Crippen LogP contribution in [0.1, 0.15) is 36.0 Å². The number of halogens is 1. The third kappa shape index (κ3) is 3.48. The molecular weight excluding hydrogens is 306 g/mol. The Bertz CT molecular complexity index is 458. The standard InChI is InChI=1S/C14H20BrN3O/c15-10-5-6-12(11(7-10)14(17)19)18-13(8-16)9-3-1-2-4-9/h5-7,9,13,18H,1-4,8,16H2,(H2,17,19). The van der Waals surface area contributed by atoms with Crippen molar-refractivity contribution >= 4 is 27.5 Å². The molecule has 0 bridgehead atoms. The van der Waals surface area contributed by atoms with Crippen LogP contribution in [-0.4, -0.2) is 18.5 Å². The van der Waals surface area contributed by atoms with Crippen molar-refractivity contribution in [1.82, 2.24) is 0 Å². The van der Waals surface area contributed by atoms with Crippen LogP contribution < -0.4 is 16.8 Å². The van der Waals surface area contributed by atoms with Gasteiger partial charge in [0.1, 0.15) is 0 Å². The zero-order valence-electron chi connectivity index (χ0n) is 10.9. The Morgan fingerprint density at radius 1 is 1.42 bits per heavy atom. The number of carbonyl (C=O) groups is 1. The van der Waals surface area contributed by atoms with Crippen molar-refractivity contribution in [3.8, 4) is 0 Å². The van der Waals surface area contributed by atoms with Gasteiger partial charge in [-0.05, 0) is 37.0 Å². The summed E-state index contributed by atoms with van der Waals surface area (Å²) < 4.78 is 0.844. The predicted molar refractivity (Wildman–Crippen MR) is 81.1 cm³/mol. The first-order chi connectivity index (χ1) is 9.11. The highest BCUT2D eigenvalue weighted by molar-refractivity contribution is 9.10. The smallest absolute Gasteiger partial charge is 0.250 e. The molecule has 1 atom stereocenters. The number of hydrogen-bond donors (Lipinski definition) is 3. The normalized spacial score (nSPS) is 17.4. The molecule has 1 saturated carbocycles. The molecule has 1 aromatic carbocycles. The van der Waals surface area contributed by atoms with E-state index < -0.39 is 5.91 Å². The van der Waals surface area contributed by atoms with Crippen LogP contribution in [0.4, 0.5) is 5.69 Å². The quantitative estimate of drug-likeness (QED) is 0.777. The van der Waals surface area contributed by atoms with E-state index in [2.05, 4.69) is 21.2 Å². The van der Waals surface area contributed by atoms with Gasteiger partial charge in [-0.1, -0.05) is 28.8 Å². The van der Waals surface area contributed by atoms with Crippen molar-refractivity contribution in [2.24, 2.45) is 17.4 Å². The summed E-state index contributed by atoms with van der Waals surface area (Å²) in [5.41, 5.74) is 12.6. The van der Waals surface area contributed by atoms with E-state index in [9.17, 15) is 4.79 Å². The first-order valence-electron chi connectivity index (χ1n) is 6.67. The van der Waals surface area contributed by atoms with Crippen molar-refractivity contribution < 1.29 is 4.79 Å². The second kappa shape index (κ2) is 6.39. The number of rotatable bonds is 5. The average molecular weight is 326 g/mol. The number of amides is 1. The van der Waals surface area contributed by atoms with Crippen molar-refractivity contribution in [2.75, 3.05) is 11.9 Å². The first-order valence-corrected chi connectivity index (χ1v) is 7.47. The molecule has 19 heavy (non-hydrogen) atoms. The van der Waals surface area contributed by atoms with Gasteiger partial charge < -0.3 is 16.8 Å². The molecule has 0 aliphatic heterocycles. The molecular formula is C14H20BrN3O. The van der Waals surface area contributed by atoms with E-state index in [4.69, 9.17) is 11.5 Å². The van der Waals surface area contributed by atoms with Crippen molar-refractivity contribution in [2.45, 2.75) is 31.7 Å². The molecule has 104 valence electrons. The highest BCUT2D eigenvalue weighted by Gasteiger charge is 2.24. The van der Waals surface area contributed by atoms with Gasteiger partial charge >= 0.3 is 0 Å². The third-order valence-corrected chi connectivity index (χ3v) is 4.30. The Labute approximate surface area is 122 Å². The minimum absolute atomic E-state index is 0.210. The molecule has 5 N–H and O–H groups in total. The molecule has 0 saturated heterocycles. The maximum Gasteiger partial charge on any atom is 0.250 e. The molecule has 1 aromatic rings. The summed E-state index contributed by atoms with van der Waals surface area (Å²) in [6.45, 7) is 0.568. The monoisotopic (exact) mass is 325 g/mol. The molecule has 5 heteroatoms. The van der Waals surface area contributed by atoms with Crippen LogP contribution in [0, 0.1) is 5.92 Å². The SMILES string of the molecule is NCC(Nc1ccc(Br)cc1C(N)=O)C1CCCC1. The molecule has 1 unspecified atom stereocenters. The Morgan fingerprint density at radius 2 is 2.11 bits per heavy atom. The molecule has 2 rings (SSSR count). The van der Waals surface area contributed by atoms with Crippen LogP contribution in [0.25, 0.3) is 0 Å². The van der Waals surface area contributed by atoms with E-state index >= 15 is 0 Å². The molecule has 1 amide bonds. The van der Waals surface area contributed by atoms with Gasteiger partial charge in [-0.25, -0.2) is 0 Å².